The average molecular weight is 473 g/mol. The molecule has 0 bridgehead atoms. The fraction of sp³-hybridized carbons (Fsp3) is 0.0769. The Morgan fingerprint density at radius 2 is 1.40 bits per heavy atom. The maximum atomic E-state index is 11.4. The minimum absolute atomic E-state index is 0.00426. The first-order chi connectivity index (χ1) is 16.7. The van der Waals surface area contributed by atoms with E-state index in [0.29, 0.717) is 5.56 Å². The molecule has 9 heteroatoms. The van der Waals surface area contributed by atoms with Gasteiger partial charge >= 0.3 is 0 Å². The average Bonchev–Trinajstić information content (AvgIpc) is 2.83. The fourth-order valence-electron chi connectivity index (χ4n) is 3.34. The summed E-state index contributed by atoms with van der Waals surface area (Å²) in [5.41, 5.74) is 25.3. The van der Waals surface area contributed by atoms with E-state index in [1.165, 1.54) is 42.5 Å². The van der Waals surface area contributed by atoms with Gasteiger partial charge in [-0.25, -0.2) is 0 Å². The number of aliphatic hydroxyl groups is 1. The van der Waals surface area contributed by atoms with Crippen molar-refractivity contribution in [3.8, 4) is 34.8 Å². The summed E-state index contributed by atoms with van der Waals surface area (Å²) in [4.78, 5) is 0. The number of ether oxygens (including phenoxy) is 2. The Bertz CT molecular complexity index is 1390. The van der Waals surface area contributed by atoms with E-state index in [4.69, 9.17) is 32.4 Å². The molecule has 4 rings (SSSR count). The molecule has 11 N–H and O–H groups in total. The van der Waals surface area contributed by atoms with Crippen LogP contribution in [0.3, 0.4) is 0 Å². The van der Waals surface area contributed by atoms with E-state index in [1.807, 2.05) is 30.3 Å². The van der Waals surface area contributed by atoms with Crippen molar-refractivity contribution >= 4 is 11.4 Å². The maximum absolute atomic E-state index is 11.4. The molecule has 1 aliphatic carbocycles. The van der Waals surface area contributed by atoms with Crippen LogP contribution in [0.15, 0.2) is 89.8 Å². The van der Waals surface area contributed by atoms with Gasteiger partial charge in [0.15, 0.2) is 5.76 Å². The third-order valence-electron chi connectivity index (χ3n) is 5.28. The second-order valence-electron chi connectivity index (χ2n) is 7.83. The SMILES string of the molecule is NC1=C(C#Cc2ccccc2)C(N)C(O)(Oc2ccc(N)c(O)c2)C=C1Oc1ccc(N)c(O)c1. The molecule has 2 unspecified atom stereocenters. The molecule has 178 valence electrons. The van der Waals surface area contributed by atoms with E-state index < -0.39 is 11.8 Å². The molecule has 0 saturated heterocycles. The van der Waals surface area contributed by atoms with Crippen LogP contribution >= 0.6 is 0 Å². The van der Waals surface area contributed by atoms with Gasteiger partial charge in [-0.2, -0.15) is 0 Å². The monoisotopic (exact) mass is 472 g/mol. The predicted molar refractivity (Wildman–Crippen MR) is 132 cm³/mol. The Balaban J connectivity index is 1.77. The molecule has 0 spiro atoms. The Kier molecular flexibility index (Phi) is 6.16. The van der Waals surface area contributed by atoms with Crippen LogP contribution in [0.4, 0.5) is 11.4 Å². The first-order valence-electron chi connectivity index (χ1n) is 10.5. The van der Waals surface area contributed by atoms with Gasteiger partial charge in [0, 0.05) is 23.8 Å². The topological polar surface area (TPSA) is 183 Å². The second kappa shape index (κ2) is 9.23. The van der Waals surface area contributed by atoms with E-state index >= 15 is 0 Å². The number of rotatable bonds is 4. The van der Waals surface area contributed by atoms with Crippen LogP contribution in [-0.2, 0) is 0 Å². The fourth-order valence-corrected chi connectivity index (χ4v) is 3.34. The lowest BCUT2D eigenvalue weighted by Gasteiger charge is -2.36. The molecule has 0 fully saturated rings. The summed E-state index contributed by atoms with van der Waals surface area (Å²) in [7, 11) is 0. The highest BCUT2D eigenvalue weighted by Crippen LogP contribution is 2.35. The van der Waals surface area contributed by atoms with Gasteiger partial charge in [0.2, 0.25) is 0 Å². The van der Waals surface area contributed by atoms with Gasteiger partial charge in [0.1, 0.15) is 29.0 Å². The summed E-state index contributed by atoms with van der Waals surface area (Å²) in [6.45, 7) is 0. The quantitative estimate of drug-likeness (QED) is 0.129. The van der Waals surface area contributed by atoms with Crippen molar-refractivity contribution in [3.63, 3.8) is 0 Å². The summed E-state index contributed by atoms with van der Waals surface area (Å²) < 4.78 is 11.6. The Morgan fingerprint density at radius 3 is 2.03 bits per heavy atom. The molecule has 3 aromatic rings. The number of phenolic OH excluding ortho intramolecular Hbond substituents is 2. The van der Waals surface area contributed by atoms with Crippen LogP contribution in [-0.4, -0.2) is 27.1 Å². The molecule has 1 aliphatic rings. The normalized spacial score (nSPS) is 19.4. The van der Waals surface area contributed by atoms with E-state index in [1.54, 1.807) is 0 Å². The Hall–Kier alpha value is -4.78. The highest BCUT2D eigenvalue weighted by molar-refractivity contribution is 5.57. The molecule has 0 amide bonds. The van der Waals surface area contributed by atoms with E-state index in [2.05, 4.69) is 11.8 Å². The standard InChI is InChI=1S/C26H24N4O5/c27-19-10-7-16(12-21(19)31)34-23-14-26(33,35-17-8-11-20(28)22(32)13-17)25(30)18(24(23)29)9-6-15-4-2-1-3-5-15/h1-5,7-8,10-14,25,31-33H,27-30H2. The lowest BCUT2D eigenvalue weighted by molar-refractivity contribution is -0.107. The first kappa shape index (κ1) is 23.4. The molecule has 0 aliphatic heterocycles. The molecular weight excluding hydrogens is 448 g/mol. The van der Waals surface area contributed by atoms with Gasteiger partial charge in [-0.3, -0.25) is 0 Å². The van der Waals surface area contributed by atoms with Gasteiger partial charge in [-0.15, -0.1) is 0 Å². The van der Waals surface area contributed by atoms with Crippen molar-refractivity contribution in [2.75, 3.05) is 11.5 Å². The number of hydrogen-bond donors (Lipinski definition) is 7. The van der Waals surface area contributed by atoms with Crippen molar-refractivity contribution < 1.29 is 24.8 Å². The molecule has 0 saturated carbocycles. The molecular formula is C26H24N4O5. The number of phenols is 2. The Morgan fingerprint density at radius 1 is 0.800 bits per heavy atom. The predicted octanol–water partition coefficient (Wildman–Crippen LogP) is 1.90. The molecule has 0 radical (unpaired) electrons. The highest BCUT2D eigenvalue weighted by Gasteiger charge is 2.43. The van der Waals surface area contributed by atoms with Gasteiger partial charge in [0.05, 0.1) is 22.6 Å². The van der Waals surface area contributed by atoms with Crippen LogP contribution in [0.2, 0.25) is 0 Å². The smallest absolute Gasteiger partial charge is 0.252 e. The summed E-state index contributed by atoms with van der Waals surface area (Å²) in [5.74, 6) is 3.58. The molecule has 2 atom stereocenters. The van der Waals surface area contributed by atoms with Crippen LogP contribution in [0, 0.1) is 11.8 Å². The minimum atomic E-state index is -2.17. The third-order valence-corrected chi connectivity index (χ3v) is 5.28. The number of hydrogen-bond acceptors (Lipinski definition) is 9. The zero-order valence-electron chi connectivity index (χ0n) is 18.5. The second-order valence-corrected chi connectivity index (χ2v) is 7.83. The first-order valence-corrected chi connectivity index (χ1v) is 10.5. The molecule has 9 nitrogen and oxygen atoms in total. The number of benzene rings is 3. The number of nitrogens with two attached hydrogens (primary N) is 4. The Labute approximate surface area is 201 Å². The number of aromatic hydroxyl groups is 2. The van der Waals surface area contributed by atoms with Crippen molar-refractivity contribution in [2.45, 2.75) is 11.8 Å². The lowest BCUT2D eigenvalue weighted by Crippen LogP contribution is -2.55. The summed E-state index contributed by atoms with van der Waals surface area (Å²) in [6.07, 6.45) is 1.20. The maximum Gasteiger partial charge on any atom is 0.252 e. The highest BCUT2D eigenvalue weighted by atomic mass is 16.6. The van der Waals surface area contributed by atoms with E-state index in [9.17, 15) is 15.3 Å². The van der Waals surface area contributed by atoms with Crippen LogP contribution in [0.1, 0.15) is 5.56 Å². The van der Waals surface area contributed by atoms with Gasteiger partial charge in [-0.05, 0) is 36.4 Å². The molecule has 0 heterocycles. The zero-order chi connectivity index (χ0) is 25.2. The van der Waals surface area contributed by atoms with Crippen LogP contribution in [0.5, 0.6) is 23.0 Å². The van der Waals surface area contributed by atoms with Crippen LogP contribution in [0.25, 0.3) is 0 Å². The van der Waals surface area contributed by atoms with Crippen molar-refractivity contribution in [2.24, 2.45) is 11.5 Å². The van der Waals surface area contributed by atoms with E-state index in [0.717, 1.165) is 0 Å². The summed E-state index contributed by atoms with van der Waals surface area (Å²) >= 11 is 0. The van der Waals surface area contributed by atoms with Crippen LogP contribution < -0.4 is 32.4 Å². The van der Waals surface area contributed by atoms with E-state index in [-0.39, 0.29) is 51.4 Å². The largest absolute Gasteiger partial charge is 0.506 e. The number of nitrogen functional groups attached to an aromatic ring is 2. The van der Waals surface area contributed by atoms with Crippen molar-refractivity contribution in [3.05, 3.63) is 95.4 Å². The molecule has 0 aromatic heterocycles. The molecule has 35 heavy (non-hydrogen) atoms. The van der Waals surface area contributed by atoms with Crippen molar-refractivity contribution in [1.82, 2.24) is 0 Å². The van der Waals surface area contributed by atoms with Gasteiger partial charge in [0.25, 0.3) is 5.79 Å². The molecule has 3 aromatic carbocycles. The minimum Gasteiger partial charge on any atom is -0.506 e. The summed E-state index contributed by atoms with van der Waals surface area (Å²) in [6, 6.07) is 16.3. The third kappa shape index (κ3) is 4.94. The summed E-state index contributed by atoms with van der Waals surface area (Å²) in [5, 5.41) is 31.3. The lowest BCUT2D eigenvalue weighted by atomic mass is 9.90. The number of anilines is 2. The van der Waals surface area contributed by atoms with Crippen molar-refractivity contribution in [1.29, 1.82) is 0 Å². The zero-order valence-corrected chi connectivity index (χ0v) is 18.5. The van der Waals surface area contributed by atoms with Gasteiger partial charge < -0.3 is 47.7 Å². The van der Waals surface area contributed by atoms with Gasteiger partial charge in [-0.1, -0.05) is 30.0 Å².